The van der Waals surface area contributed by atoms with E-state index in [0.29, 0.717) is 18.7 Å². The molecule has 0 atom stereocenters. The summed E-state index contributed by atoms with van der Waals surface area (Å²) in [6.45, 7) is 0.747. The van der Waals surface area contributed by atoms with Gasteiger partial charge in [-0.1, -0.05) is 48.5 Å². The second-order valence-corrected chi connectivity index (χ2v) is 3.94. The molecule has 17 heavy (non-hydrogen) atoms. The van der Waals surface area contributed by atoms with Gasteiger partial charge in [0.2, 0.25) is 0 Å². The molecule has 0 unspecified atom stereocenters. The molecule has 3 heteroatoms. The Morgan fingerprint density at radius 2 is 1.47 bits per heavy atom. The Morgan fingerprint density at radius 3 is 2.18 bits per heavy atom. The monoisotopic (exact) mass is 229 g/mol. The maximum Gasteiger partial charge on any atom is 0.120 e. The largest absolute Gasteiger partial charge is 0.508 e. The quantitative estimate of drug-likeness (QED) is 0.792. The molecule has 0 aliphatic carbocycles. The molecule has 0 aliphatic heterocycles. The van der Waals surface area contributed by atoms with Crippen LogP contribution in [0.25, 0.3) is 0 Å². The average molecular weight is 229 g/mol. The van der Waals surface area contributed by atoms with Crippen molar-refractivity contribution in [2.75, 3.05) is 0 Å². The third kappa shape index (κ3) is 3.31. The average Bonchev–Trinajstić information content (AvgIpc) is 2.33. The predicted molar refractivity (Wildman–Crippen MR) is 65.6 cm³/mol. The zero-order valence-corrected chi connectivity index (χ0v) is 9.45. The molecule has 0 spiro atoms. The van der Waals surface area contributed by atoms with E-state index in [0.717, 1.165) is 5.56 Å². The van der Waals surface area contributed by atoms with Gasteiger partial charge in [0.25, 0.3) is 0 Å². The fourth-order valence-electron chi connectivity index (χ4n) is 1.69. The van der Waals surface area contributed by atoms with Gasteiger partial charge in [-0.25, -0.2) is 0 Å². The van der Waals surface area contributed by atoms with E-state index in [1.807, 2.05) is 36.4 Å². The summed E-state index contributed by atoms with van der Waals surface area (Å²) in [5, 5.41) is 20.6. The van der Waals surface area contributed by atoms with Crippen LogP contribution in [0.3, 0.4) is 0 Å². The molecule has 0 fully saturated rings. The summed E-state index contributed by atoms with van der Waals surface area (Å²) in [6, 6.07) is 16.7. The van der Waals surface area contributed by atoms with Gasteiger partial charge in [0.15, 0.2) is 0 Å². The van der Waals surface area contributed by atoms with E-state index in [1.54, 1.807) is 18.2 Å². The van der Waals surface area contributed by atoms with E-state index in [9.17, 15) is 10.3 Å². The molecule has 88 valence electrons. The third-order valence-electron chi connectivity index (χ3n) is 2.55. The molecule has 2 rings (SSSR count). The number of hydrogen-bond donors (Lipinski definition) is 2. The molecule has 2 N–H and O–H groups in total. The van der Waals surface area contributed by atoms with Gasteiger partial charge in [0.05, 0.1) is 6.54 Å². The highest BCUT2D eigenvalue weighted by atomic mass is 16.5. The van der Waals surface area contributed by atoms with Crippen molar-refractivity contribution in [3.05, 3.63) is 65.7 Å². The fourth-order valence-corrected chi connectivity index (χ4v) is 1.69. The molecular weight excluding hydrogens is 214 g/mol. The maximum absolute atomic E-state index is 9.80. The van der Waals surface area contributed by atoms with Crippen LogP contribution in [-0.4, -0.2) is 15.4 Å². The van der Waals surface area contributed by atoms with Crippen molar-refractivity contribution in [1.82, 2.24) is 5.06 Å². The van der Waals surface area contributed by atoms with Gasteiger partial charge in [-0.2, -0.15) is 5.06 Å². The Bertz CT molecular complexity index is 471. The molecule has 0 bridgehead atoms. The van der Waals surface area contributed by atoms with E-state index in [2.05, 4.69) is 0 Å². The normalized spacial score (nSPS) is 10.7. The first kappa shape index (κ1) is 11.6. The van der Waals surface area contributed by atoms with Crippen LogP contribution in [0, 0.1) is 0 Å². The molecule has 0 aliphatic rings. The SMILES string of the molecule is Oc1ccccc1CN(O)Cc1ccccc1. The number of rotatable bonds is 4. The lowest BCUT2D eigenvalue weighted by molar-refractivity contribution is -0.108. The van der Waals surface area contributed by atoms with E-state index in [-0.39, 0.29) is 5.75 Å². The van der Waals surface area contributed by atoms with Crippen molar-refractivity contribution >= 4 is 0 Å². The maximum atomic E-state index is 9.80. The van der Waals surface area contributed by atoms with Crippen molar-refractivity contribution in [1.29, 1.82) is 0 Å². The second kappa shape index (κ2) is 5.48. The number of phenolic OH excluding ortho intramolecular Hbond substituents is 1. The molecule has 0 aromatic heterocycles. The van der Waals surface area contributed by atoms with Gasteiger partial charge in [-0.15, -0.1) is 0 Å². The van der Waals surface area contributed by atoms with Gasteiger partial charge >= 0.3 is 0 Å². The van der Waals surface area contributed by atoms with Crippen LogP contribution in [0.1, 0.15) is 11.1 Å². The molecule has 0 heterocycles. The van der Waals surface area contributed by atoms with Gasteiger partial charge in [-0.05, 0) is 11.6 Å². The molecule has 0 radical (unpaired) electrons. The van der Waals surface area contributed by atoms with Crippen LogP contribution < -0.4 is 0 Å². The molecule has 0 saturated heterocycles. The van der Waals surface area contributed by atoms with Crippen LogP contribution >= 0.6 is 0 Å². The van der Waals surface area contributed by atoms with Gasteiger partial charge in [0, 0.05) is 12.1 Å². The van der Waals surface area contributed by atoms with E-state index >= 15 is 0 Å². The van der Waals surface area contributed by atoms with Gasteiger partial charge in [-0.3, -0.25) is 0 Å². The fraction of sp³-hybridized carbons (Fsp3) is 0.143. The van der Waals surface area contributed by atoms with Crippen molar-refractivity contribution in [2.45, 2.75) is 13.1 Å². The Morgan fingerprint density at radius 1 is 0.824 bits per heavy atom. The van der Waals surface area contributed by atoms with Crippen molar-refractivity contribution in [3.8, 4) is 5.75 Å². The van der Waals surface area contributed by atoms with E-state index < -0.39 is 0 Å². The topological polar surface area (TPSA) is 43.7 Å². The summed E-state index contributed by atoms with van der Waals surface area (Å²) >= 11 is 0. The third-order valence-corrected chi connectivity index (χ3v) is 2.55. The van der Waals surface area contributed by atoms with Crippen LogP contribution in [-0.2, 0) is 13.1 Å². The second-order valence-electron chi connectivity index (χ2n) is 3.94. The van der Waals surface area contributed by atoms with Crippen molar-refractivity contribution < 1.29 is 10.3 Å². The molecular formula is C14H15NO2. The first-order chi connectivity index (χ1) is 8.25. The van der Waals surface area contributed by atoms with Gasteiger partial charge < -0.3 is 10.3 Å². The summed E-state index contributed by atoms with van der Waals surface area (Å²) in [5.74, 6) is 0.208. The Hall–Kier alpha value is -1.84. The Labute approximate surface area is 101 Å². The number of phenols is 1. The number of para-hydroxylation sites is 1. The zero-order valence-electron chi connectivity index (χ0n) is 9.45. The number of aromatic hydroxyl groups is 1. The summed E-state index contributed by atoms with van der Waals surface area (Å²) in [6.07, 6.45) is 0. The highest BCUT2D eigenvalue weighted by Crippen LogP contribution is 2.17. The smallest absolute Gasteiger partial charge is 0.120 e. The number of hydrogen-bond acceptors (Lipinski definition) is 3. The van der Waals surface area contributed by atoms with Crippen molar-refractivity contribution in [2.24, 2.45) is 0 Å². The lowest BCUT2D eigenvalue weighted by Crippen LogP contribution is -2.18. The molecule has 2 aromatic rings. The highest BCUT2D eigenvalue weighted by Gasteiger charge is 2.06. The first-order valence-corrected chi connectivity index (χ1v) is 5.50. The summed E-state index contributed by atoms with van der Waals surface area (Å²) in [4.78, 5) is 0. The lowest BCUT2D eigenvalue weighted by Gasteiger charge is -2.15. The van der Waals surface area contributed by atoms with Crippen LogP contribution in [0.5, 0.6) is 5.75 Å². The van der Waals surface area contributed by atoms with E-state index in [4.69, 9.17) is 0 Å². The first-order valence-electron chi connectivity index (χ1n) is 5.50. The molecule has 0 saturated carbocycles. The molecule has 2 aromatic carbocycles. The van der Waals surface area contributed by atoms with Crippen molar-refractivity contribution in [3.63, 3.8) is 0 Å². The summed E-state index contributed by atoms with van der Waals surface area (Å²) in [7, 11) is 0. The molecule has 0 amide bonds. The summed E-state index contributed by atoms with van der Waals surface area (Å²) in [5.41, 5.74) is 1.75. The Balaban J connectivity index is 1.98. The highest BCUT2D eigenvalue weighted by molar-refractivity contribution is 5.31. The summed E-state index contributed by atoms with van der Waals surface area (Å²) < 4.78 is 0. The predicted octanol–water partition coefficient (Wildman–Crippen LogP) is 2.78. The standard InChI is InChI=1S/C14H15NO2/c16-14-9-5-4-8-13(14)11-15(17)10-12-6-2-1-3-7-12/h1-9,16-17H,10-11H2. The number of hydroxylamine groups is 2. The minimum atomic E-state index is 0.208. The van der Waals surface area contributed by atoms with Crippen LogP contribution in [0.4, 0.5) is 0 Å². The Kier molecular flexibility index (Phi) is 3.75. The molecule has 3 nitrogen and oxygen atoms in total. The van der Waals surface area contributed by atoms with Gasteiger partial charge in [0.1, 0.15) is 5.75 Å². The lowest BCUT2D eigenvalue weighted by atomic mass is 10.2. The number of nitrogens with zero attached hydrogens (tertiary/aromatic N) is 1. The van der Waals surface area contributed by atoms with Crippen LogP contribution in [0.15, 0.2) is 54.6 Å². The minimum absolute atomic E-state index is 0.208. The minimum Gasteiger partial charge on any atom is -0.508 e. The number of benzene rings is 2. The van der Waals surface area contributed by atoms with Crippen LogP contribution in [0.2, 0.25) is 0 Å². The van der Waals surface area contributed by atoms with E-state index in [1.165, 1.54) is 5.06 Å². The zero-order chi connectivity index (χ0) is 12.1.